The maximum Gasteiger partial charge on any atom is 0.240 e. The lowest BCUT2D eigenvalue weighted by Crippen LogP contribution is -2.31. The molecular weight excluding hydrogens is 210 g/mol. The van der Waals surface area contributed by atoms with E-state index in [1.54, 1.807) is 7.11 Å². The molecule has 0 radical (unpaired) electrons. The third kappa shape index (κ3) is 2.58. The molecule has 6 nitrogen and oxygen atoms in total. The predicted octanol–water partition coefficient (Wildman–Crippen LogP) is 0.173. The van der Waals surface area contributed by atoms with Gasteiger partial charge in [-0.25, -0.2) is 0 Å². The zero-order valence-electron chi connectivity index (χ0n) is 9.43. The van der Waals surface area contributed by atoms with Crippen molar-refractivity contribution >= 4 is 0 Å². The Morgan fingerprint density at radius 2 is 2.50 bits per heavy atom. The van der Waals surface area contributed by atoms with E-state index in [-0.39, 0.29) is 12.6 Å². The third-order valence-electron chi connectivity index (χ3n) is 2.83. The quantitative estimate of drug-likeness (QED) is 0.773. The number of ether oxygens (including phenoxy) is 1. The molecule has 1 atom stereocenters. The van der Waals surface area contributed by atoms with Crippen molar-refractivity contribution in [3.63, 3.8) is 0 Å². The second-order valence-corrected chi connectivity index (χ2v) is 3.99. The Bertz CT molecular complexity index is 329. The molecule has 0 bridgehead atoms. The number of aromatic nitrogens is 2. The van der Waals surface area contributed by atoms with Crippen LogP contribution in [0.2, 0.25) is 0 Å². The van der Waals surface area contributed by atoms with Gasteiger partial charge in [-0.3, -0.25) is 4.90 Å². The highest BCUT2D eigenvalue weighted by molar-refractivity contribution is 4.88. The second-order valence-electron chi connectivity index (χ2n) is 3.99. The monoisotopic (exact) mass is 227 g/mol. The number of hydrogen-bond donors (Lipinski definition) is 1. The van der Waals surface area contributed by atoms with Crippen LogP contribution in [0.25, 0.3) is 0 Å². The summed E-state index contributed by atoms with van der Waals surface area (Å²) in [5.41, 5.74) is 0. The molecule has 1 N–H and O–H groups in total. The van der Waals surface area contributed by atoms with Gasteiger partial charge in [0.05, 0.1) is 13.2 Å². The molecule has 0 saturated carbocycles. The summed E-state index contributed by atoms with van der Waals surface area (Å²) in [6.07, 6.45) is 2.15. The summed E-state index contributed by atoms with van der Waals surface area (Å²) in [5, 5.41) is 13.0. The number of aliphatic hydroxyl groups excluding tert-OH is 1. The van der Waals surface area contributed by atoms with Crippen LogP contribution in [0.3, 0.4) is 0 Å². The van der Waals surface area contributed by atoms with Gasteiger partial charge >= 0.3 is 0 Å². The Morgan fingerprint density at radius 3 is 3.25 bits per heavy atom. The van der Waals surface area contributed by atoms with Crippen molar-refractivity contribution in [2.24, 2.45) is 0 Å². The molecule has 2 heterocycles. The summed E-state index contributed by atoms with van der Waals surface area (Å²) in [7, 11) is 1.60. The molecule has 0 aromatic carbocycles. The summed E-state index contributed by atoms with van der Waals surface area (Å²) < 4.78 is 10.0. The van der Waals surface area contributed by atoms with Gasteiger partial charge in [0.25, 0.3) is 0 Å². The van der Waals surface area contributed by atoms with E-state index in [0.29, 0.717) is 24.9 Å². The van der Waals surface area contributed by atoms with Crippen molar-refractivity contribution in [2.75, 3.05) is 20.3 Å². The summed E-state index contributed by atoms with van der Waals surface area (Å²) >= 11 is 0. The highest BCUT2D eigenvalue weighted by Gasteiger charge is 2.25. The number of nitrogens with zero attached hydrogens (tertiary/aromatic N) is 3. The predicted molar refractivity (Wildman–Crippen MR) is 55.5 cm³/mol. The largest absolute Gasteiger partial charge is 0.395 e. The van der Waals surface area contributed by atoms with Crippen LogP contribution in [0.1, 0.15) is 24.6 Å². The van der Waals surface area contributed by atoms with Gasteiger partial charge in [0.1, 0.15) is 6.61 Å². The van der Waals surface area contributed by atoms with Gasteiger partial charge in [0.2, 0.25) is 5.89 Å². The average molecular weight is 227 g/mol. The van der Waals surface area contributed by atoms with Crippen LogP contribution in [0.15, 0.2) is 4.52 Å². The Labute approximate surface area is 94.2 Å². The molecule has 6 heteroatoms. The maximum absolute atomic E-state index is 9.18. The molecule has 1 fully saturated rings. The number of rotatable bonds is 5. The molecule has 1 aromatic rings. The number of hydrogen-bond acceptors (Lipinski definition) is 6. The average Bonchev–Trinajstić information content (AvgIpc) is 2.89. The van der Waals surface area contributed by atoms with Crippen molar-refractivity contribution in [1.82, 2.24) is 15.0 Å². The van der Waals surface area contributed by atoms with Crippen molar-refractivity contribution in [2.45, 2.75) is 32.0 Å². The molecule has 1 aromatic heterocycles. The van der Waals surface area contributed by atoms with E-state index in [9.17, 15) is 5.11 Å². The highest BCUT2D eigenvalue weighted by atomic mass is 16.5. The van der Waals surface area contributed by atoms with Gasteiger partial charge in [-0.2, -0.15) is 4.98 Å². The molecule has 0 aliphatic carbocycles. The van der Waals surface area contributed by atoms with Crippen molar-refractivity contribution in [3.8, 4) is 0 Å². The van der Waals surface area contributed by atoms with Crippen LogP contribution in [-0.2, 0) is 17.9 Å². The van der Waals surface area contributed by atoms with Crippen molar-refractivity contribution < 1.29 is 14.4 Å². The van der Waals surface area contributed by atoms with Crippen LogP contribution < -0.4 is 0 Å². The minimum Gasteiger partial charge on any atom is -0.395 e. The Kier molecular flexibility index (Phi) is 3.87. The topological polar surface area (TPSA) is 71.6 Å². The van der Waals surface area contributed by atoms with E-state index < -0.39 is 0 Å². The lowest BCUT2D eigenvalue weighted by molar-refractivity contribution is 0.141. The normalized spacial score (nSPS) is 21.8. The fourth-order valence-corrected chi connectivity index (χ4v) is 2.03. The van der Waals surface area contributed by atoms with Crippen LogP contribution in [0.4, 0.5) is 0 Å². The maximum atomic E-state index is 9.18. The van der Waals surface area contributed by atoms with Crippen LogP contribution in [-0.4, -0.2) is 46.5 Å². The second kappa shape index (κ2) is 5.38. The molecule has 1 aliphatic heterocycles. The van der Waals surface area contributed by atoms with Crippen LogP contribution in [0, 0.1) is 0 Å². The summed E-state index contributed by atoms with van der Waals surface area (Å²) in [5.74, 6) is 1.16. The van der Waals surface area contributed by atoms with E-state index in [0.717, 1.165) is 19.4 Å². The number of aliphatic hydroxyl groups is 1. The van der Waals surface area contributed by atoms with Gasteiger partial charge in [0.15, 0.2) is 5.82 Å². The molecule has 0 unspecified atom stereocenters. The summed E-state index contributed by atoms with van der Waals surface area (Å²) in [4.78, 5) is 6.38. The smallest absolute Gasteiger partial charge is 0.240 e. The lowest BCUT2D eigenvalue weighted by atomic mass is 10.2. The third-order valence-corrected chi connectivity index (χ3v) is 2.83. The minimum atomic E-state index is 0.194. The molecule has 1 aliphatic rings. The van der Waals surface area contributed by atoms with Crippen LogP contribution in [0.5, 0.6) is 0 Å². The van der Waals surface area contributed by atoms with Gasteiger partial charge < -0.3 is 14.4 Å². The van der Waals surface area contributed by atoms with E-state index in [1.165, 1.54) is 0 Å². The van der Waals surface area contributed by atoms with Gasteiger partial charge in [-0.05, 0) is 19.4 Å². The fourth-order valence-electron chi connectivity index (χ4n) is 2.03. The van der Waals surface area contributed by atoms with E-state index in [1.807, 2.05) is 0 Å². The first kappa shape index (κ1) is 11.5. The first-order chi connectivity index (χ1) is 7.83. The molecule has 90 valence electrons. The SMILES string of the molecule is COCc1noc(CN2CCC[C@@H]2CO)n1. The summed E-state index contributed by atoms with van der Waals surface area (Å²) in [6.45, 7) is 2.15. The minimum absolute atomic E-state index is 0.194. The Morgan fingerprint density at radius 1 is 1.62 bits per heavy atom. The van der Waals surface area contributed by atoms with Gasteiger partial charge in [-0.1, -0.05) is 5.16 Å². The molecule has 0 spiro atoms. The fraction of sp³-hybridized carbons (Fsp3) is 0.800. The first-order valence-electron chi connectivity index (χ1n) is 5.48. The van der Waals surface area contributed by atoms with E-state index in [4.69, 9.17) is 9.26 Å². The zero-order valence-corrected chi connectivity index (χ0v) is 9.43. The molecule has 2 rings (SSSR count). The van der Waals surface area contributed by atoms with Crippen LogP contribution >= 0.6 is 0 Å². The lowest BCUT2D eigenvalue weighted by Gasteiger charge is -2.20. The van der Waals surface area contributed by atoms with Gasteiger partial charge in [-0.15, -0.1) is 0 Å². The van der Waals surface area contributed by atoms with E-state index in [2.05, 4.69) is 15.0 Å². The highest BCUT2D eigenvalue weighted by Crippen LogP contribution is 2.18. The van der Waals surface area contributed by atoms with Gasteiger partial charge in [0, 0.05) is 13.2 Å². The Balaban J connectivity index is 1.92. The van der Waals surface area contributed by atoms with Crippen molar-refractivity contribution in [1.29, 1.82) is 0 Å². The molecule has 1 saturated heterocycles. The number of likely N-dealkylation sites (tertiary alicyclic amines) is 1. The first-order valence-corrected chi connectivity index (χ1v) is 5.48. The molecule has 16 heavy (non-hydrogen) atoms. The van der Waals surface area contributed by atoms with Crippen molar-refractivity contribution in [3.05, 3.63) is 11.7 Å². The molecule has 0 amide bonds. The standard InChI is InChI=1S/C10H17N3O3/c1-15-7-9-11-10(16-12-9)5-13-4-2-3-8(13)6-14/h8,14H,2-7H2,1H3/t8-/m1/s1. The number of methoxy groups -OCH3 is 1. The zero-order chi connectivity index (χ0) is 11.4. The van der Waals surface area contributed by atoms with E-state index >= 15 is 0 Å². The Hall–Kier alpha value is -0.980. The molecular formula is C10H17N3O3. The summed E-state index contributed by atoms with van der Waals surface area (Å²) in [6, 6.07) is 0.234.